The SMILES string of the molecule is Cc1ccc([C@H](C)CCN2CCC3(CC2)C[C@H]3C(=O)NCCc2nc3ccccc3n2C)o1. The van der Waals surface area contributed by atoms with E-state index < -0.39 is 0 Å². The lowest BCUT2D eigenvalue weighted by Crippen LogP contribution is -2.38. The summed E-state index contributed by atoms with van der Waals surface area (Å²) in [5.74, 6) is 4.00. The molecule has 1 aromatic carbocycles. The van der Waals surface area contributed by atoms with Crippen molar-refractivity contribution >= 4 is 16.9 Å². The number of para-hydroxylation sites is 2. The molecule has 176 valence electrons. The second-order valence-electron chi connectivity index (χ2n) is 10.2. The zero-order valence-corrected chi connectivity index (χ0v) is 20.1. The standard InChI is InChI=1S/C27H36N4O2/c1-19(24-9-8-20(2)33-24)11-15-31-16-12-27(13-17-31)18-21(27)26(32)28-14-10-25-29-22-6-4-5-7-23(22)30(25)3/h4-9,19,21H,10-18H2,1-3H3,(H,28,32)/t19-,21+/m1/s1. The van der Waals surface area contributed by atoms with E-state index in [0.717, 1.165) is 80.1 Å². The zero-order valence-electron chi connectivity index (χ0n) is 20.1. The molecule has 2 atom stereocenters. The van der Waals surface area contributed by atoms with Crippen LogP contribution >= 0.6 is 0 Å². The summed E-state index contributed by atoms with van der Waals surface area (Å²) in [6.07, 6.45) is 5.22. The van der Waals surface area contributed by atoms with Crippen LogP contribution in [-0.2, 0) is 18.3 Å². The van der Waals surface area contributed by atoms with E-state index in [1.54, 1.807) is 0 Å². The fourth-order valence-corrected chi connectivity index (χ4v) is 5.57. The third kappa shape index (κ3) is 4.58. The molecule has 1 amide bonds. The highest BCUT2D eigenvalue weighted by molar-refractivity contribution is 5.82. The number of hydrogen-bond donors (Lipinski definition) is 1. The van der Waals surface area contributed by atoms with Crippen LogP contribution < -0.4 is 5.32 Å². The number of nitrogens with one attached hydrogen (secondary N) is 1. The smallest absolute Gasteiger partial charge is 0.223 e. The maximum atomic E-state index is 12.8. The number of piperidine rings is 1. The molecule has 2 fully saturated rings. The van der Waals surface area contributed by atoms with Crippen molar-refractivity contribution in [1.29, 1.82) is 0 Å². The van der Waals surface area contributed by atoms with E-state index in [4.69, 9.17) is 9.40 Å². The van der Waals surface area contributed by atoms with E-state index in [-0.39, 0.29) is 17.2 Å². The largest absolute Gasteiger partial charge is 0.466 e. The number of aromatic nitrogens is 2. The first kappa shape index (κ1) is 22.2. The summed E-state index contributed by atoms with van der Waals surface area (Å²) in [5.41, 5.74) is 2.41. The van der Waals surface area contributed by atoms with Crippen molar-refractivity contribution in [2.75, 3.05) is 26.2 Å². The average Bonchev–Trinajstić information content (AvgIpc) is 3.17. The molecule has 0 radical (unpaired) electrons. The van der Waals surface area contributed by atoms with Crippen molar-refractivity contribution in [2.24, 2.45) is 18.4 Å². The summed E-state index contributed by atoms with van der Waals surface area (Å²) in [7, 11) is 2.05. The van der Waals surface area contributed by atoms with Crippen LogP contribution in [0, 0.1) is 18.3 Å². The van der Waals surface area contributed by atoms with Crippen LogP contribution in [0.15, 0.2) is 40.8 Å². The van der Waals surface area contributed by atoms with Crippen molar-refractivity contribution in [3.63, 3.8) is 0 Å². The predicted molar refractivity (Wildman–Crippen MR) is 130 cm³/mol. The third-order valence-electron chi connectivity index (χ3n) is 8.01. The van der Waals surface area contributed by atoms with Crippen molar-refractivity contribution in [3.05, 3.63) is 53.7 Å². The topological polar surface area (TPSA) is 63.3 Å². The number of furan rings is 1. The van der Waals surface area contributed by atoms with Gasteiger partial charge in [0.15, 0.2) is 0 Å². The van der Waals surface area contributed by atoms with Crippen LogP contribution in [0.4, 0.5) is 0 Å². The van der Waals surface area contributed by atoms with E-state index in [0.29, 0.717) is 12.5 Å². The number of aryl methyl sites for hydroxylation is 2. The molecule has 0 bridgehead atoms. The Balaban J connectivity index is 1.04. The minimum Gasteiger partial charge on any atom is -0.466 e. The molecule has 1 saturated heterocycles. The van der Waals surface area contributed by atoms with Crippen LogP contribution in [0.5, 0.6) is 0 Å². The van der Waals surface area contributed by atoms with Gasteiger partial charge in [0.1, 0.15) is 17.3 Å². The first-order valence-corrected chi connectivity index (χ1v) is 12.4. The van der Waals surface area contributed by atoms with Crippen molar-refractivity contribution in [1.82, 2.24) is 19.8 Å². The Bertz CT molecular complexity index is 1120. The van der Waals surface area contributed by atoms with Crippen LogP contribution in [0.25, 0.3) is 11.0 Å². The van der Waals surface area contributed by atoms with Crippen LogP contribution in [-0.4, -0.2) is 46.5 Å². The van der Waals surface area contributed by atoms with E-state index >= 15 is 0 Å². The number of likely N-dealkylation sites (tertiary alicyclic amines) is 1. The number of rotatable bonds is 8. The number of amides is 1. The minimum atomic E-state index is 0.199. The Kier molecular flexibility index (Phi) is 6.04. The van der Waals surface area contributed by atoms with Gasteiger partial charge in [-0.25, -0.2) is 4.98 Å². The van der Waals surface area contributed by atoms with Crippen molar-refractivity contribution < 1.29 is 9.21 Å². The molecular weight excluding hydrogens is 412 g/mol. The molecular formula is C27H36N4O2. The minimum absolute atomic E-state index is 0.199. The van der Waals surface area contributed by atoms with Gasteiger partial charge in [-0.3, -0.25) is 4.79 Å². The normalized spacial score (nSPS) is 20.9. The fourth-order valence-electron chi connectivity index (χ4n) is 5.57. The van der Waals surface area contributed by atoms with Crippen LogP contribution in [0.2, 0.25) is 0 Å². The lowest BCUT2D eigenvalue weighted by atomic mass is 9.90. The van der Waals surface area contributed by atoms with Crippen LogP contribution in [0.1, 0.15) is 55.9 Å². The van der Waals surface area contributed by atoms with Gasteiger partial charge in [0, 0.05) is 31.8 Å². The van der Waals surface area contributed by atoms with E-state index in [9.17, 15) is 4.79 Å². The molecule has 2 aromatic heterocycles. The van der Waals surface area contributed by atoms with Gasteiger partial charge in [-0.1, -0.05) is 19.1 Å². The molecule has 3 heterocycles. The van der Waals surface area contributed by atoms with Gasteiger partial charge >= 0.3 is 0 Å². The Hall–Kier alpha value is -2.60. The van der Waals surface area contributed by atoms with E-state index in [1.165, 1.54) is 0 Å². The zero-order chi connectivity index (χ0) is 23.0. The molecule has 1 N–H and O–H groups in total. The fraction of sp³-hybridized carbons (Fsp3) is 0.556. The quantitative estimate of drug-likeness (QED) is 0.554. The molecule has 1 aliphatic heterocycles. The number of nitrogens with zero attached hydrogens (tertiary/aromatic N) is 3. The molecule has 1 saturated carbocycles. The van der Waals surface area contributed by atoms with Gasteiger partial charge in [-0.15, -0.1) is 0 Å². The highest BCUT2D eigenvalue weighted by Crippen LogP contribution is 2.59. The maximum absolute atomic E-state index is 12.8. The highest BCUT2D eigenvalue weighted by Gasteiger charge is 2.58. The summed E-state index contributed by atoms with van der Waals surface area (Å²) in [5, 5.41) is 3.19. The summed E-state index contributed by atoms with van der Waals surface area (Å²) in [6, 6.07) is 12.3. The number of carbonyl (C=O) groups excluding carboxylic acids is 1. The number of fused-ring (bicyclic) bond motifs is 1. The van der Waals surface area contributed by atoms with Gasteiger partial charge in [0.2, 0.25) is 5.91 Å². The molecule has 2 aliphatic rings. The summed E-state index contributed by atoms with van der Waals surface area (Å²) < 4.78 is 7.91. The van der Waals surface area contributed by atoms with Gasteiger partial charge in [-0.05, 0) is 81.9 Å². The second kappa shape index (κ2) is 8.98. The number of imidazole rings is 1. The Morgan fingerprint density at radius 1 is 1.24 bits per heavy atom. The number of hydrogen-bond acceptors (Lipinski definition) is 4. The Labute approximate surface area is 196 Å². The maximum Gasteiger partial charge on any atom is 0.223 e. The first-order valence-electron chi connectivity index (χ1n) is 12.4. The number of carbonyl (C=O) groups is 1. The molecule has 3 aromatic rings. The van der Waals surface area contributed by atoms with Crippen LogP contribution in [0.3, 0.4) is 0 Å². The lowest BCUT2D eigenvalue weighted by molar-refractivity contribution is -0.123. The van der Waals surface area contributed by atoms with Gasteiger partial charge < -0.3 is 19.2 Å². The third-order valence-corrected chi connectivity index (χ3v) is 8.01. The molecule has 1 aliphatic carbocycles. The highest BCUT2D eigenvalue weighted by atomic mass is 16.3. The molecule has 5 rings (SSSR count). The van der Waals surface area contributed by atoms with Gasteiger partial charge in [-0.2, -0.15) is 0 Å². The van der Waals surface area contributed by atoms with Gasteiger partial charge in [0.05, 0.1) is 11.0 Å². The molecule has 1 spiro atoms. The lowest BCUT2D eigenvalue weighted by Gasteiger charge is -2.33. The predicted octanol–water partition coefficient (Wildman–Crippen LogP) is 4.43. The first-order chi connectivity index (χ1) is 15.9. The second-order valence-corrected chi connectivity index (χ2v) is 10.2. The van der Waals surface area contributed by atoms with Crippen molar-refractivity contribution in [2.45, 2.75) is 51.9 Å². The summed E-state index contributed by atoms with van der Waals surface area (Å²) >= 11 is 0. The molecule has 6 heteroatoms. The monoisotopic (exact) mass is 448 g/mol. The molecule has 0 unspecified atom stereocenters. The average molecular weight is 449 g/mol. The number of benzene rings is 1. The molecule has 6 nitrogen and oxygen atoms in total. The van der Waals surface area contributed by atoms with Crippen molar-refractivity contribution in [3.8, 4) is 0 Å². The summed E-state index contributed by atoms with van der Waals surface area (Å²) in [4.78, 5) is 20.1. The summed E-state index contributed by atoms with van der Waals surface area (Å²) in [6.45, 7) is 8.22. The Morgan fingerprint density at radius 3 is 2.76 bits per heavy atom. The van der Waals surface area contributed by atoms with E-state index in [2.05, 4.69) is 33.8 Å². The van der Waals surface area contributed by atoms with E-state index in [1.807, 2.05) is 38.2 Å². The van der Waals surface area contributed by atoms with Gasteiger partial charge in [0.25, 0.3) is 0 Å². The Morgan fingerprint density at radius 2 is 2.03 bits per heavy atom. The molecule has 33 heavy (non-hydrogen) atoms.